The molecule has 0 heterocycles. The molecule has 0 atom stereocenters. The van der Waals surface area contributed by atoms with Crippen molar-refractivity contribution in [1.82, 2.24) is 4.72 Å². The van der Waals surface area contributed by atoms with Gasteiger partial charge in [0.25, 0.3) is 0 Å². The second-order valence-electron chi connectivity index (χ2n) is 1.99. The third kappa shape index (κ3) is 8.22. The summed E-state index contributed by atoms with van der Waals surface area (Å²) in [5, 5.41) is 0. The molecule has 76 valence electrons. The van der Waals surface area contributed by atoms with Crippen LogP contribution in [0.25, 0.3) is 0 Å². The van der Waals surface area contributed by atoms with Crippen LogP contribution in [0, 0.1) is 0 Å². The topological polar surface area (TPSA) is 81.4 Å². The molecule has 0 amide bonds. The van der Waals surface area contributed by atoms with Gasteiger partial charge in [0.1, 0.15) is 0 Å². The van der Waals surface area contributed by atoms with Gasteiger partial charge in [0.05, 0.1) is 12.4 Å². The lowest BCUT2D eigenvalue weighted by Crippen LogP contribution is -2.32. The molecule has 0 saturated heterocycles. The molecule has 0 unspecified atom stereocenters. The lowest BCUT2D eigenvalue weighted by molar-refractivity contribution is 0.217. The highest BCUT2D eigenvalue weighted by atomic mass is 35.5. The lowest BCUT2D eigenvalue weighted by atomic mass is 10.7. The van der Waals surface area contributed by atoms with E-state index in [4.69, 9.17) is 5.73 Å². The van der Waals surface area contributed by atoms with Crippen LogP contribution in [-0.2, 0) is 14.8 Å². The van der Waals surface area contributed by atoms with Crippen molar-refractivity contribution in [3.8, 4) is 0 Å². The predicted octanol–water partition coefficient (Wildman–Crippen LogP) is -1.07. The minimum absolute atomic E-state index is 0. The fourth-order valence-corrected chi connectivity index (χ4v) is 1.44. The van der Waals surface area contributed by atoms with Crippen molar-refractivity contribution in [2.45, 2.75) is 0 Å². The molecule has 0 bridgehead atoms. The van der Waals surface area contributed by atoms with Crippen LogP contribution in [0.5, 0.6) is 0 Å². The number of halogens is 1. The van der Waals surface area contributed by atoms with E-state index in [-0.39, 0.29) is 31.3 Å². The van der Waals surface area contributed by atoms with Crippen LogP contribution in [0.15, 0.2) is 0 Å². The highest BCUT2D eigenvalue weighted by Crippen LogP contribution is 1.82. The maximum absolute atomic E-state index is 10.9. The molecule has 0 aromatic rings. The molecule has 0 fully saturated rings. The van der Waals surface area contributed by atoms with E-state index in [0.29, 0.717) is 6.54 Å². The Morgan fingerprint density at radius 1 is 1.50 bits per heavy atom. The molecule has 0 aromatic heterocycles. The zero-order chi connectivity index (χ0) is 8.74. The number of ether oxygens (including phenoxy) is 1. The van der Waals surface area contributed by atoms with Gasteiger partial charge in [0, 0.05) is 20.2 Å². The molecule has 0 aromatic carbocycles. The summed E-state index contributed by atoms with van der Waals surface area (Å²) in [6.07, 6.45) is 0. The van der Waals surface area contributed by atoms with Gasteiger partial charge in [-0.3, -0.25) is 0 Å². The zero-order valence-corrected chi connectivity index (χ0v) is 8.58. The van der Waals surface area contributed by atoms with Crippen molar-refractivity contribution < 1.29 is 13.2 Å². The predicted molar refractivity (Wildman–Crippen MR) is 50.0 cm³/mol. The summed E-state index contributed by atoms with van der Waals surface area (Å²) in [5.41, 5.74) is 5.11. The molecule has 3 N–H and O–H groups in total. The quantitative estimate of drug-likeness (QED) is 0.595. The fraction of sp³-hybridized carbons (Fsp3) is 1.00. The van der Waals surface area contributed by atoms with E-state index in [1.165, 1.54) is 7.11 Å². The molecule has 0 rings (SSSR count). The standard InChI is InChI=1S/C5H14N2O3S.ClH/c1-10-4-5-11(8,9)7-3-2-6;/h7H,2-6H2,1H3;1H. The SMILES string of the molecule is COCCS(=O)(=O)NCCN.Cl. The highest BCUT2D eigenvalue weighted by Gasteiger charge is 2.06. The van der Waals surface area contributed by atoms with Crippen molar-refractivity contribution in [3.05, 3.63) is 0 Å². The largest absolute Gasteiger partial charge is 0.384 e. The Morgan fingerprint density at radius 3 is 2.50 bits per heavy atom. The second-order valence-corrected chi connectivity index (χ2v) is 3.92. The lowest BCUT2D eigenvalue weighted by Gasteiger charge is -2.03. The number of nitrogens with two attached hydrogens (primary N) is 1. The summed E-state index contributed by atoms with van der Waals surface area (Å²) in [4.78, 5) is 0. The minimum atomic E-state index is -3.16. The third-order valence-corrected chi connectivity index (χ3v) is 2.37. The van der Waals surface area contributed by atoms with E-state index in [1.807, 2.05) is 0 Å². The maximum Gasteiger partial charge on any atom is 0.213 e. The first kappa shape index (κ1) is 14.6. The van der Waals surface area contributed by atoms with Gasteiger partial charge in [-0.15, -0.1) is 12.4 Å². The van der Waals surface area contributed by atoms with E-state index < -0.39 is 10.0 Å². The van der Waals surface area contributed by atoms with Gasteiger partial charge in [-0.25, -0.2) is 13.1 Å². The molecule has 12 heavy (non-hydrogen) atoms. The summed E-state index contributed by atoms with van der Waals surface area (Å²) in [7, 11) is -1.70. The normalized spacial score (nSPS) is 10.8. The van der Waals surface area contributed by atoms with E-state index in [1.54, 1.807) is 0 Å². The summed E-state index contributed by atoms with van der Waals surface area (Å²) >= 11 is 0. The molecule has 7 heteroatoms. The van der Waals surface area contributed by atoms with Gasteiger partial charge in [0.15, 0.2) is 0 Å². The number of sulfonamides is 1. The third-order valence-electron chi connectivity index (χ3n) is 1.02. The van der Waals surface area contributed by atoms with Crippen LogP contribution in [0.4, 0.5) is 0 Å². The zero-order valence-electron chi connectivity index (χ0n) is 6.95. The molecule has 0 aliphatic heterocycles. The first-order valence-electron chi connectivity index (χ1n) is 3.28. The molecule has 0 spiro atoms. The van der Waals surface area contributed by atoms with Crippen LogP contribution < -0.4 is 10.5 Å². The average Bonchev–Trinajstić information content (AvgIpc) is 1.97. The molecular weight excluding hydrogens is 204 g/mol. The van der Waals surface area contributed by atoms with Crippen molar-refractivity contribution >= 4 is 22.4 Å². The summed E-state index contributed by atoms with van der Waals surface area (Å²) in [6, 6.07) is 0. The van der Waals surface area contributed by atoms with Crippen molar-refractivity contribution in [2.24, 2.45) is 5.73 Å². The number of nitrogens with one attached hydrogen (secondary N) is 1. The minimum Gasteiger partial charge on any atom is -0.384 e. The van der Waals surface area contributed by atoms with Gasteiger partial charge < -0.3 is 10.5 Å². The van der Waals surface area contributed by atoms with Crippen molar-refractivity contribution in [3.63, 3.8) is 0 Å². The molecule has 0 radical (unpaired) electrons. The first-order valence-corrected chi connectivity index (χ1v) is 4.94. The molecule has 0 aliphatic carbocycles. The first-order chi connectivity index (χ1) is 5.12. The Balaban J connectivity index is 0. The Morgan fingerprint density at radius 2 is 2.08 bits per heavy atom. The van der Waals surface area contributed by atoms with Crippen LogP contribution >= 0.6 is 12.4 Å². The van der Waals surface area contributed by atoms with E-state index in [2.05, 4.69) is 9.46 Å². The molecular formula is C5H15ClN2O3S. The monoisotopic (exact) mass is 218 g/mol. The smallest absolute Gasteiger partial charge is 0.213 e. The van der Waals surface area contributed by atoms with Gasteiger partial charge in [-0.05, 0) is 0 Å². The maximum atomic E-state index is 10.9. The Hall–Kier alpha value is 0.120. The Bertz CT molecular complexity index is 169. The Kier molecular flexibility index (Phi) is 9.45. The number of methoxy groups -OCH3 is 1. The van der Waals surface area contributed by atoms with Crippen LogP contribution in [0.3, 0.4) is 0 Å². The molecule has 0 saturated carbocycles. The fourth-order valence-electron chi connectivity index (χ4n) is 0.480. The average molecular weight is 219 g/mol. The van der Waals surface area contributed by atoms with Crippen molar-refractivity contribution in [1.29, 1.82) is 0 Å². The van der Waals surface area contributed by atoms with Crippen LogP contribution in [0.2, 0.25) is 0 Å². The number of hydrogen-bond donors (Lipinski definition) is 2. The molecule has 0 aliphatic rings. The van der Waals surface area contributed by atoms with Gasteiger partial charge >= 0.3 is 0 Å². The summed E-state index contributed by atoms with van der Waals surface area (Å²) in [6.45, 7) is 0.804. The van der Waals surface area contributed by atoms with Crippen LogP contribution in [-0.4, -0.2) is 41.0 Å². The van der Waals surface area contributed by atoms with Gasteiger partial charge in [-0.2, -0.15) is 0 Å². The summed E-state index contributed by atoms with van der Waals surface area (Å²) < 4.78 is 28.7. The van der Waals surface area contributed by atoms with E-state index in [0.717, 1.165) is 0 Å². The Labute approximate surface area is 79.1 Å². The second kappa shape index (κ2) is 7.75. The van der Waals surface area contributed by atoms with E-state index >= 15 is 0 Å². The van der Waals surface area contributed by atoms with Crippen molar-refractivity contribution in [2.75, 3.05) is 32.6 Å². The number of hydrogen-bond acceptors (Lipinski definition) is 4. The number of rotatable bonds is 6. The summed E-state index contributed by atoms with van der Waals surface area (Å²) in [5.74, 6) is -0.0104. The highest BCUT2D eigenvalue weighted by molar-refractivity contribution is 7.89. The van der Waals surface area contributed by atoms with E-state index in [9.17, 15) is 8.42 Å². The molecule has 5 nitrogen and oxygen atoms in total. The van der Waals surface area contributed by atoms with Gasteiger partial charge in [-0.1, -0.05) is 0 Å². The van der Waals surface area contributed by atoms with Gasteiger partial charge in [0.2, 0.25) is 10.0 Å². The van der Waals surface area contributed by atoms with Crippen LogP contribution in [0.1, 0.15) is 0 Å².